The molecule has 0 aliphatic heterocycles. The van der Waals surface area contributed by atoms with Gasteiger partial charge in [-0.25, -0.2) is 9.18 Å². The maximum Gasteiger partial charge on any atom is 0.344 e. The van der Waals surface area contributed by atoms with Gasteiger partial charge in [-0.2, -0.15) is 0 Å². The second-order valence-electron chi connectivity index (χ2n) is 5.89. The zero-order valence-electron chi connectivity index (χ0n) is 15.0. The number of anilines is 1. The van der Waals surface area contributed by atoms with Crippen LogP contribution >= 0.6 is 0 Å². The molecule has 0 unspecified atom stereocenters. The number of benzene rings is 3. The van der Waals surface area contributed by atoms with Crippen molar-refractivity contribution in [3.63, 3.8) is 0 Å². The van der Waals surface area contributed by atoms with Crippen LogP contribution in [-0.4, -0.2) is 30.0 Å². The lowest BCUT2D eigenvalue weighted by molar-refractivity contribution is -0.384. The van der Waals surface area contributed by atoms with Crippen LogP contribution in [0, 0.1) is 15.9 Å². The van der Waals surface area contributed by atoms with Crippen LogP contribution in [-0.2, 0) is 14.3 Å². The van der Waals surface area contributed by atoms with Gasteiger partial charge in [0.2, 0.25) is 0 Å². The van der Waals surface area contributed by atoms with Crippen LogP contribution < -0.4 is 10.1 Å². The molecular formula is C20H15FN2O6. The first-order valence-electron chi connectivity index (χ1n) is 8.44. The summed E-state index contributed by atoms with van der Waals surface area (Å²) in [4.78, 5) is 33.8. The molecule has 148 valence electrons. The van der Waals surface area contributed by atoms with E-state index < -0.39 is 41.5 Å². The van der Waals surface area contributed by atoms with Crippen molar-refractivity contribution >= 4 is 34.0 Å². The summed E-state index contributed by atoms with van der Waals surface area (Å²) in [6, 6.07) is 15.6. The van der Waals surface area contributed by atoms with Crippen LogP contribution in [0.15, 0.2) is 60.7 Å². The zero-order chi connectivity index (χ0) is 20.8. The smallest absolute Gasteiger partial charge is 0.344 e. The Hall–Kier alpha value is -4.01. The minimum atomic E-state index is -0.831. The Balaban J connectivity index is 1.53. The molecule has 29 heavy (non-hydrogen) atoms. The van der Waals surface area contributed by atoms with Crippen LogP contribution in [0.1, 0.15) is 0 Å². The van der Waals surface area contributed by atoms with Gasteiger partial charge in [0.25, 0.3) is 11.6 Å². The predicted octanol–water partition coefficient (Wildman–Crippen LogP) is 3.45. The van der Waals surface area contributed by atoms with Gasteiger partial charge < -0.3 is 14.8 Å². The van der Waals surface area contributed by atoms with Crippen LogP contribution in [0.5, 0.6) is 5.75 Å². The number of nitro benzene ring substituents is 1. The topological polar surface area (TPSA) is 108 Å². The summed E-state index contributed by atoms with van der Waals surface area (Å²) in [5.74, 6) is -1.92. The van der Waals surface area contributed by atoms with Gasteiger partial charge in [0.05, 0.1) is 11.0 Å². The molecule has 0 spiro atoms. The molecule has 0 bridgehead atoms. The van der Waals surface area contributed by atoms with E-state index in [1.165, 1.54) is 0 Å². The van der Waals surface area contributed by atoms with Gasteiger partial charge in [0, 0.05) is 5.39 Å². The van der Waals surface area contributed by atoms with Gasteiger partial charge in [0.1, 0.15) is 17.3 Å². The molecule has 3 aromatic carbocycles. The Bertz CT molecular complexity index is 1080. The number of carbonyl (C=O) groups is 2. The van der Waals surface area contributed by atoms with Crippen LogP contribution in [0.4, 0.5) is 15.8 Å². The molecule has 0 radical (unpaired) electrons. The van der Waals surface area contributed by atoms with E-state index in [4.69, 9.17) is 9.47 Å². The number of rotatable bonds is 7. The molecule has 0 saturated carbocycles. The highest BCUT2D eigenvalue weighted by atomic mass is 19.1. The van der Waals surface area contributed by atoms with Gasteiger partial charge in [-0.05, 0) is 23.6 Å². The molecule has 3 aromatic rings. The van der Waals surface area contributed by atoms with Crippen molar-refractivity contribution < 1.29 is 28.4 Å². The highest BCUT2D eigenvalue weighted by Gasteiger charge is 2.18. The van der Waals surface area contributed by atoms with Crippen molar-refractivity contribution in [2.75, 3.05) is 18.5 Å². The number of hydrogen-bond acceptors (Lipinski definition) is 6. The van der Waals surface area contributed by atoms with Crippen LogP contribution in [0.2, 0.25) is 0 Å². The fraction of sp³-hybridized carbons (Fsp3) is 0.100. The number of hydrogen-bond donors (Lipinski definition) is 1. The van der Waals surface area contributed by atoms with Gasteiger partial charge in [0.15, 0.2) is 13.2 Å². The highest BCUT2D eigenvalue weighted by Crippen LogP contribution is 2.26. The Morgan fingerprint density at radius 1 is 1.03 bits per heavy atom. The Morgan fingerprint density at radius 3 is 2.59 bits per heavy atom. The number of fused-ring (bicyclic) bond motifs is 1. The molecule has 0 atom stereocenters. The first-order valence-corrected chi connectivity index (χ1v) is 8.44. The molecule has 1 amide bonds. The van der Waals surface area contributed by atoms with Crippen LogP contribution in [0.25, 0.3) is 10.8 Å². The molecule has 8 nitrogen and oxygen atoms in total. The first kappa shape index (κ1) is 19.7. The van der Waals surface area contributed by atoms with E-state index in [-0.39, 0.29) is 5.69 Å². The van der Waals surface area contributed by atoms with E-state index >= 15 is 0 Å². The SMILES string of the molecule is O=C(COC(=O)COc1cccc2ccccc12)Nc1ccc(F)cc1[N+](=O)[O-]. The van der Waals surface area contributed by atoms with Gasteiger partial charge in [-0.1, -0.05) is 36.4 Å². The van der Waals surface area contributed by atoms with E-state index in [2.05, 4.69) is 5.32 Å². The maximum atomic E-state index is 13.1. The number of nitro groups is 1. The van der Waals surface area contributed by atoms with Crippen molar-refractivity contribution in [2.24, 2.45) is 0 Å². The molecule has 1 N–H and O–H groups in total. The molecule has 9 heteroatoms. The summed E-state index contributed by atoms with van der Waals surface area (Å²) in [5.41, 5.74) is -0.812. The lowest BCUT2D eigenvalue weighted by Crippen LogP contribution is -2.24. The Labute approximate surface area is 164 Å². The lowest BCUT2D eigenvalue weighted by atomic mass is 10.1. The fourth-order valence-corrected chi connectivity index (χ4v) is 2.59. The number of ether oxygens (including phenoxy) is 2. The molecule has 3 rings (SSSR count). The summed E-state index contributed by atoms with van der Waals surface area (Å²) in [6.07, 6.45) is 0. The minimum absolute atomic E-state index is 0.204. The summed E-state index contributed by atoms with van der Waals surface area (Å²) in [5, 5.41) is 14.9. The van der Waals surface area contributed by atoms with E-state index in [0.717, 1.165) is 22.9 Å². The maximum absolute atomic E-state index is 13.1. The van der Waals surface area contributed by atoms with Crippen molar-refractivity contribution in [1.82, 2.24) is 0 Å². The van der Waals surface area contributed by atoms with Crippen molar-refractivity contribution in [2.45, 2.75) is 0 Å². The third-order valence-electron chi connectivity index (χ3n) is 3.89. The Morgan fingerprint density at radius 2 is 1.79 bits per heavy atom. The van der Waals surface area contributed by atoms with E-state index in [1.807, 2.05) is 30.3 Å². The summed E-state index contributed by atoms with van der Waals surface area (Å²) in [6.45, 7) is -1.09. The number of amides is 1. The summed E-state index contributed by atoms with van der Waals surface area (Å²) in [7, 11) is 0. The summed E-state index contributed by atoms with van der Waals surface area (Å²) >= 11 is 0. The molecule has 0 heterocycles. The van der Waals surface area contributed by atoms with Gasteiger partial charge in [-0.15, -0.1) is 0 Å². The second kappa shape index (κ2) is 8.79. The number of carbonyl (C=O) groups excluding carboxylic acids is 2. The average molecular weight is 398 g/mol. The van der Waals surface area contributed by atoms with E-state index in [9.17, 15) is 24.1 Å². The minimum Gasteiger partial charge on any atom is -0.481 e. The quantitative estimate of drug-likeness (QED) is 0.371. The number of esters is 1. The van der Waals surface area contributed by atoms with Crippen molar-refractivity contribution in [3.8, 4) is 5.75 Å². The molecule has 0 fully saturated rings. The number of nitrogens with one attached hydrogen (secondary N) is 1. The fourth-order valence-electron chi connectivity index (χ4n) is 2.59. The monoisotopic (exact) mass is 398 g/mol. The van der Waals surface area contributed by atoms with Crippen molar-refractivity contribution in [3.05, 3.63) is 76.6 Å². The normalized spacial score (nSPS) is 10.4. The Kier molecular flexibility index (Phi) is 5.98. The molecule has 0 aromatic heterocycles. The molecule has 0 saturated heterocycles. The standard InChI is InChI=1S/C20H15FN2O6/c21-14-8-9-16(17(10-14)23(26)27)22-19(24)11-29-20(25)12-28-18-7-3-5-13-4-1-2-6-15(13)18/h1-10H,11-12H2,(H,22,24). The third kappa shape index (κ3) is 5.04. The molecule has 0 aliphatic carbocycles. The van der Waals surface area contributed by atoms with Gasteiger partial charge >= 0.3 is 5.97 Å². The van der Waals surface area contributed by atoms with Crippen molar-refractivity contribution in [1.29, 1.82) is 0 Å². The average Bonchev–Trinajstić information content (AvgIpc) is 2.71. The number of halogens is 1. The summed E-state index contributed by atoms with van der Waals surface area (Å²) < 4.78 is 23.4. The third-order valence-corrected chi connectivity index (χ3v) is 3.89. The first-order chi connectivity index (χ1) is 13.9. The van der Waals surface area contributed by atoms with E-state index in [1.54, 1.807) is 12.1 Å². The number of nitrogens with zero attached hydrogens (tertiary/aromatic N) is 1. The van der Waals surface area contributed by atoms with E-state index in [0.29, 0.717) is 11.8 Å². The highest BCUT2D eigenvalue weighted by molar-refractivity contribution is 5.95. The van der Waals surface area contributed by atoms with Crippen LogP contribution in [0.3, 0.4) is 0 Å². The zero-order valence-corrected chi connectivity index (χ0v) is 15.0. The van der Waals surface area contributed by atoms with Gasteiger partial charge in [-0.3, -0.25) is 14.9 Å². The largest absolute Gasteiger partial charge is 0.481 e. The predicted molar refractivity (Wildman–Crippen MR) is 102 cm³/mol. The molecular weight excluding hydrogens is 383 g/mol. The molecule has 0 aliphatic rings. The lowest BCUT2D eigenvalue weighted by Gasteiger charge is -2.10. The second-order valence-corrected chi connectivity index (χ2v) is 5.89.